The van der Waals surface area contributed by atoms with Gasteiger partial charge >= 0.3 is 0 Å². The molecule has 0 spiro atoms. The van der Waals surface area contributed by atoms with Crippen LogP contribution in [0.2, 0.25) is 0 Å². The van der Waals surface area contributed by atoms with Crippen molar-refractivity contribution in [2.24, 2.45) is 0 Å². The van der Waals surface area contributed by atoms with Crippen molar-refractivity contribution in [1.82, 2.24) is 0 Å². The number of rotatable bonds is 3. The van der Waals surface area contributed by atoms with Crippen LogP contribution in [0.25, 0.3) is 0 Å². The topological polar surface area (TPSA) is 23.5 Å². The summed E-state index contributed by atoms with van der Waals surface area (Å²) in [6.45, 7) is 3.92. The molecule has 1 aromatic carbocycles. The Kier molecular flexibility index (Phi) is 4.40. The standard InChI is InChI=1S/C12H18INO/c1-8-5-6-10(14(3)4)7-11(8)12(13)9(2)15/h5-7,9,12,15H,1-4H3/t9-,12?/m1/s1. The number of hydrogen-bond donors (Lipinski definition) is 1. The quantitative estimate of drug-likeness (QED) is 0.684. The average Bonchev–Trinajstić information content (AvgIpc) is 2.16. The van der Waals surface area contributed by atoms with E-state index in [-0.39, 0.29) is 10.0 Å². The molecule has 1 rings (SSSR count). The van der Waals surface area contributed by atoms with Crippen LogP contribution in [0.1, 0.15) is 22.0 Å². The van der Waals surface area contributed by atoms with E-state index in [0.717, 1.165) is 0 Å². The second kappa shape index (κ2) is 5.16. The maximum Gasteiger partial charge on any atom is 0.0670 e. The van der Waals surface area contributed by atoms with Crippen LogP contribution >= 0.6 is 22.6 Å². The number of aliphatic hydroxyl groups excluding tert-OH is 1. The lowest BCUT2D eigenvalue weighted by molar-refractivity contribution is 0.196. The third-order valence-corrected chi connectivity index (χ3v) is 4.21. The summed E-state index contributed by atoms with van der Waals surface area (Å²) >= 11 is 2.29. The van der Waals surface area contributed by atoms with Gasteiger partial charge in [0.05, 0.1) is 10.0 Å². The highest BCUT2D eigenvalue weighted by Crippen LogP contribution is 2.32. The van der Waals surface area contributed by atoms with E-state index in [9.17, 15) is 5.11 Å². The number of aliphatic hydroxyl groups is 1. The molecule has 0 fully saturated rings. The molecule has 0 aliphatic rings. The largest absolute Gasteiger partial charge is 0.392 e. The normalized spacial score (nSPS) is 14.8. The number of anilines is 1. The third kappa shape index (κ3) is 3.08. The van der Waals surface area contributed by atoms with Gasteiger partial charge in [0.1, 0.15) is 0 Å². The molecule has 0 saturated carbocycles. The predicted molar refractivity (Wildman–Crippen MR) is 73.9 cm³/mol. The Bertz CT molecular complexity index is 336. The van der Waals surface area contributed by atoms with Gasteiger partial charge in [-0.25, -0.2) is 0 Å². The molecule has 0 radical (unpaired) electrons. The second-order valence-electron chi connectivity index (χ2n) is 4.08. The van der Waals surface area contributed by atoms with Gasteiger partial charge in [0.15, 0.2) is 0 Å². The highest BCUT2D eigenvalue weighted by atomic mass is 127. The molecular formula is C12H18INO. The van der Waals surface area contributed by atoms with Gasteiger partial charge in [-0.15, -0.1) is 0 Å². The zero-order valence-corrected chi connectivity index (χ0v) is 11.8. The molecular weight excluding hydrogens is 301 g/mol. The number of alkyl halides is 1. The Balaban J connectivity index is 3.10. The van der Waals surface area contributed by atoms with Gasteiger partial charge in [0.2, 0.25) is 0 Å². The molecule has 2 nitrogen and oxygen atoms in total. The summed E-state index contributed by atoms with van der Waals surface area (Å²) in [5, 5.41) is 9.61. The van der Waals surface area contributed by atoms with Crippen LogP contribution < -0.4 is 4.90 Å². The summed E-state index contributed by atoms with van der Waals surface area (Å²) in [5.41, 5.74) is 3.63. The molecule has 0 bridgehead atoms. The van der Waals surface area contributed by atoms with Gasteiger partial charge in [-0.05, 0) is 37.1 Å². The zero-order chi connectivity index (χ0) is 11.6. The first-order valence-corrected chi connectivity index (χ1v) is 6.28. The third-order valence-electron chi connectivity index (χ3n) is 2.50. The van der Waals surface area contributed by atoms with Crippen molar-refractivity contribution < 1.29 is 5.11 Å². The number of halogens is 1. The van der Waals surface area contributed by atoms with E-state index < -0.39 is 0 Å². The van der Waals surface area contributed by atoms with Crippen LogP contribution in [-0.4, -0.2) is 25.3 Å². The van der Waals surface area contributed by atoms with Crippen molar-refractivity contribution in [3.8, 4) is 0 Å². The minimum Gasteiger partial charge on any atom is -0.392 e. The second-order valence-corrected chi connectivity index (χ2v) is 5.42. The van der Waals surface area contributed by atoms with Crippen molar-refractivity contribution in [3.05, 3.63) is 29.3 Å². The SMILES string of the molecule is Cc1ccc(N(C)C)cc1C(I)[C@@H](C)O. The van der Waals surface area contributed by atoms with Crippen molar-refractivity contribution in [1.29, 1.82) is 0 Å². The molecule has 1 aromatic rings. The first-order valence-electron chi connectivity index (χ1n) is 5.03. The number of nitrogens with zero attached hydrogens (tertiary/aromatic N) is 1. The molecule has 0 aromatic heterocycles. The van der Waals surface area contributed by atoms with Crippen LogP contribution in [0.5, 0.6) is 0 Å². The van der Waals surface area contributed by atoms with E-state index in [1.807, 2.05) is 21.0 Å². The van der Waals surface area contributed by atoms with Gasteiger partial charge in [-0.3, -0.25) is 0 Å². The molecule has 0 aliphatic carbocycles. The molecule has 15 heavy (non-hydrogen) atoms. The summed E-state index contributed by atoms with van der Waals surface area (Å²) < 4.78 is 0.155. The number of benzene rings is 1. The average molecular weight is 319 g/mol. The first-order chi connectivity index (χ1) is 6.93. The molecule has 3 heteroatoms. The number of hydrogen-bond acceptors (Lipinski definition) is 2. The Morgan fingerprint density at radius 1 is 1.33 bits per heavy atom. The fourth-order valence-corrected chi connectivity index (χ4v) is 2.13. The fraction of sp³-hybridized carbons (Fsp3) is 0.500. The maximum atomic E-state index is 9.61. The predicted octanol–water partition coefficient (Wildman–Crippen LogP) is 2.92. The molecule has 1 N–H and O–H groups in total. The molecule has 1 unspecified atom stereocenters. The maximum absolute atomic E-state index is 9.61. The number of aryl methyl sites for hydroxylation is 1. The van der Waals surface area contributed by atoms with Gasteiger partial charge in [-0.2, -0.15) is 0 Å². The van der Waals surface area contributed by atoms with Crippen molar-refractivity contribution >= 4 is 28.3 Å². The van der Waals surface area contributed by atoms with E-state index >= 15 is 0 Å². The molecule has 0 saturated heterocycles. The molecule has 0 aliphatic heterocycles. The zero-order valence-electron chi connectivity index (χ0n) is 9.66. The Morgan fingerprint density at radius 2 is 1.93 bits per heavy atom. The van der Waals surface area contributed by atoms with E-state index in [2.05, 4.69) is 52.6 Å². The van der Waals surface area contributed by atoms with E-state index in [1.54, 1.807) is 0 Å². The van der Waals surface area contributed by atoms with E-state index in [4.69, 9.17) is 0 Å². The molecule has 0 heterocycles. The van der Waals surface area contributed by atoms with Crippen LogP contribution in [-0.2, 0) is 0 Å². The minimum absolute atomic E-state index is 0.155. The molecule has 2 atom stereocenters. The van der Waals surface area contributed by atoms with Crippen molar-refractivity contribution in [2.75, 3.05) is 19.0 Å². The van der Waals surface area contributed by atoms with Crippen molar-refractivity contribution in [3.63, 3.8) is 0 Å². The van der Waals surface area contributed by atoms with E-state index in [0.29, 0.717) is 0 Å². The Morgan fingerprint density at radius 3 is 2.40 bits per heavy atom. The summed E-state index contributed by atoms with van der Waals surface area (Å²) in [5.74, 6) is 0. The van der Waals surface area contributed by atoms with Crippen molar-refractivity contribution in [2.45, 2.75) is 23.9 Å². The van der Waals surface area contributed by atoms with Gasteiger partial charge in [0, 0.05) is 19.8 Å². The first kappa shape index (κ1) is 12.8. The summed E-state index contributed by atoms with van der Waals surface area (Å²) in [7, 11) is 4.05. The monoisotopic (exact) mass is 319 g/mol. The van der Waals surface area contributed by atoms with Gasteiger partial charge in [0.25, 0.3) is 0 Å². The minimum atomic E-state index is -0.318. The fourth-order valence-electron chi connectivity index (χ4n) is 1.46. The van der Waals surface area contributed by atoms with Crippen LogP contribution in [0.4, 0.5) is 5.69 Å². The van der Waals surface area contributed by atoms with E-state index in [1.165, 1.54) is 16.8 Å². The lowest BCUT2D eigenvalue weighted by Gasteiger charge is -2.20. The van der Waals surface area contributed by atoms with Gasteiger partial charge in [-0.1, -0.05) is 28.7 Å². The highest BCUT2D eigenvalue weighted by molar-refractivity contribution is 14.1. The summed E-state index contributed by atoms with van der Waals surface area (Å²) in [4.78, 5) is 2.08. The Hall–Kier alpha value is -0.290. The van der Waals surface area contributed by atoms with Gasteiger partial charge < -0.3 is 10.0 Å². The highest BCUT2D eigenvalue weighted by Gasteiger charge is 2.16. The van der Waals surface area contributed by atoms with Crippen LogP contribution in [0.15, 0.2) is 18.2 Å². The van der Waals surface area contributed by atoms with Crippen LogP contribution in [0.3, 0.4) is 0 Å². The molecule has 0 amide bonds. The van der Waals surface area contributed by atoms with Crippen LogP contribution in [0, 0.1) is 6.92 Å². The lowest BCUT2D eigenvalue weighted by atomic mass is 10.0. The smallest absolute Gasteiger partial charge is 0.0670 e. The Labute approximate surface area is 105 Å². The lowest BCUT2D eigenvalue weighted by Crippen LogP contribution is -2.12. The summed E-state index contributed by atoms with van der Waals surface area (Å²) in [6, 6.07) is 6.36. The molecule has 84 valence electrons. The summed E-state index contributed by atoms with van der Waals surface area (Å²) in [6.07, 6.45) is -0.318.